The number of ketones is 1. The van der Waals surface area contributed by atoms with Crippen LogP contribution in [-0.4, -0.2) is 15.6 Å². The third-order valence-corrected chi connectivity index (χ3v) is 6.85. The fourth-order valence-electron chi connectivity index (χ4n) is 4.23. The van der Waals surface area contributed by atoms with Crippen molar-refractivity contribution in [2.45, 2.75) is 6.16 Å². The van der Waals surface area contributed by atoms with Gasteiger partial charge in [0, 0.05) is 59.2 Å². The molecule has 0 atom stereocenters. The zero-order valence-electron chi connectivity index (χ0n) is 19.9. The molecule has 0 amide bonds. The van der Waals surface area contributed by atoms with Crippen LogP contribution in [0.5, 0.6) is 0 Å². The Morgan fingerprint density at radius 2 is 1.14 bits per heavy atom. The maximum Gasteiger partial charge on any atom is 0.330 e. The molecule has 0 unspecified atom stereocenters. The van der Waals surface area contributed by atoms with Gasteiger partial charge in [0.05, 0.1) is 6.16 Å². The van der Waals surface area contributed by atoms with Crippen LogP contribution in [0.2, 0.25) is 0 Å². The third kappa shape index (κ3) is 5.79. The molecule has 0 aliphatic rings. The minimum Gasteiger partial charge on any atom is -0.324 e. The van der Waals surface area contributed by atoms with E-state index in [1.807, 2.05) is 125 Å². The molecule has 6 nitrogen and oxygen atoms in total. The van der Waals surface area contributed by atoms with Crippen molar-refractivity contribution in [3.63, 3.8) is 0 Å². The van der Waals surface area contributed by atoms with Crippen molar-refractivity contribution in [1.29, 1.82) is 0 Å². The fraction of sp³-hybridized carbons (Fsp3) is 0.0333. The molecule has 182 valence electrons. The van der Waals surface area contributed by atoms with Crippen LogP contribution >= 0.6 is 7.60 Å². The topological polar surface area (TPSA) is 82.4 Å². The van der Waals surface area contributed by atoms with E-state index in [2.05, 4.69) is 0 Å². The summed E-state index contributed by atoms with van der Waals surface area (Å²) in [5.74, 6) is -0.00169. The van der Waals surface area contributed by atoms with Gasteiger partial charge in [0.1, 0.15) is 0 Å². The van der Waals surface area contributed by atoms with Crippen molar-refractivity contribution in [2.24, 2.45) is 0 Å². The number of hydrogen-bond acceptors (Lipinski definition) is 2. The first-order valence-corrected chi connectivity index (χ1v) is 13.5. The number of benzene rings is 3. The Balaban J connectivity index is 1.33. The lowest BCUT2D eigenvalue weighted by Crippen LogP contribution is -2.31. The highest BCUT2D eigenvalue weighted by Crippen LogP contribution is 2.39. The van der Waals surface area contributed by atoms with Crippen molar-refractivity contribution < 1.29 is 28.3 Å². The molecule has 0 saturated carbocycles. The van der Waals surface area contributed by atoms with Gasteiger partial charge >= 0.3 is 7.60 Å². The molecule has 7 heteroatoms. The summed E-state index contributed by atoms with van der Waals surface area (Å²) >= 11 is 0. The first-order valence-electron chi connectivity index (χ1n) is 11.7. The average molecular weight is 509 g/mol. The highest BCUT2D eigenvalue weighted by atomic mass is 31.2. The molecular weight excluding hydrogens is 483 g/mol. The number of hydrogen-bond donors (Lipinski definition) is 2. The summed E-state index contributed by atoms with van der Waals surface area (Å²) < 4.78 is 15.4. The summed E-state index contributed by atoms with van der Waals surface area (Å²) in [7, 11) is -4.18. The molecule has 37 heavy (non-hydrogen) atoms. The van der Waals surface area contributed by atoms with E-state index in [9.17, 15) is 19.1 Å². The molecule has 0 spiro atoms. The molecule has 0 aliphatic heterocycles. The number of carbonyl (C=O) groups is 1. The first kappa shape index (κ1) is 24.5. The molecule has 0 aliphatic carbocycles. The Morgan fingerprint density at radius 1 is 0.622 bits per heavy atom. The third-order valence-electron chi connectivity index (χ3n) is 6.10. The van der Waals surface area contributed by atoms with Crippen molar-refractivity contribution in [3.05, 3.63) is 145 Å². The molecule has 0 saturated heterocycles. The molecule has 2 N–H and O–H groups in total. The van der Waals surface area contributed by atoms with Gasteiger partial charge in [-0.15, -0.1) is 0 Å². The lowest BCUT2D eigenvalue weighted by Gasteiger charge is -2.07. The van der Waals surface area contributed by atoms with Crippen LogP contribution in [0.15, 0.2) is 128 Å². The van der Waals surface area contributed by atoms with Gasteiger partial charge in [-0.1, -0.05) is 48.5 Å². The van der Waals surface area contributed by atoms with Crippen molar-refractivity contribution >= 4 is 13.4 Å². The van der Waals surface area contributed by atoms with Crippen molar-refractivity contribution in [3.8, 4) is 22.5 Å². The lowest BCUT2D eigenvalue weighted by molar-refractivity contribution is -0.596. The second-order valence-corrected chi connectivity index (χ2v) is 10.3. The van der Waals surface area contributed by atoms with Gasteiger partial charge in [0.15, 0.2) is 30.6 Å². The van der Waals surface area contributed by atoms with Crippen LogP contribution in [0, 0.1) is 0 Å². The van der Waals surface area contributed by atoms with E-state index < -0.39 is 7.60 Å². The Labute approximate surface area is 214 Å². The van der Waals surface area contributed by atoms with Gasteiger partial charge in [-0.2, -0.15) is 9.13 Å². The minimum absolute atomic E-state index is 0.00169. The highest BCUT2D eigenvalue weighted by molar-refractivity contribution is 7.50. The van der Waals surface area contributed by atoms with E-state index in [1.54, 1.807) is 12.1 Å². The van der Waals surface area contributed by atoms with Gasteiger partial charge < -0.3 is 9.79 Å². The van der Waals surface area contributed by atoms with E-state index in [1.165, 1.54) is 0 Å². The monoisotopic (exact) mass is 508 g/mol. The van der Waals surface area contributed by atoms with Gasteiger partial charge in [0.2, 0.25) is 11.4 Å². The molecule has 0 radical (unpaired) electrons. The zero-order valence-corrected chi connectivity index (χ0v) is 20.8. The second-order valence-electron chi connectivity index (χ2n) is 8.68. The van der Waals surface area contributed by atoms with E-state index in [0.717, 1.165) is 22.5 Å². The second kappa shape index (κ2) is 10.4. The molecule has 2 heterocycles. The molecule has 5 rings (SSSR count). The largest absolute Gasteiger partial charge is 0.330 e. The maximum absolute atomic E-state index is 12.6. The number of pyridine rings is 2. The molecule has 5 aromatic rings. The van der Waals surface area contributed by atoms with E-state index >= 15 is 0 Å². The number of aromatic nitrogens is 2. The quantitative estimate of drug-likeness (QED) is 0.188. The lowest BCUT2D eigenvalue weighted by atomic mass is 10.0. The van der Waals surface area contributed by atoms with Crippen LogP contribution in [0.25, 0.3) is 22.5 Å². The normalized spacial score (nSPS) is 11.3. The van der Waals surface area contributed by atoms with Crippen molar-refractivity contribution in [2.75, 3.05) is 0 Å². The predicted molar refractivity (Wildman–Crippen MR) is 141 cm³/mol. The first-order chi connectivity index (χ1) is 17.9. The van der Waals surface area contributed by atoms with Crippen LogP contribution in [0.3, 0.4) is 0 Å². The fourth-order valence-corrected chi connectivity index (χ4v) is 4.94. The summed E-state index contributed by atoms with van der Waals surface area (Å²) in [6, 6.07) is 31.9. The average Bonchev–Trinajstić information content (AvgIpc) is 2.93. The Bertz CT molecular complexity index is 1580. The van der Waals surface area contributed by atoms with E-state index in [4.69, 9.17) is 0 Å². The number of nitrogens with zero attached hydrogens (tertiary/aromatic N) is 2. The predicted octanol–water partition coefficient (Wildman–Crippen LogP) is 4.82. The van der Waals surface area contributed by atoms with Gasteiger partial charge in [-0.05, 0) is 23.3 Å². The summed E-state index contributed by atoms with van der Waals surface area (Å²) in [4.78, 5) is 31.5. The van der Waals surface area contributed by atoms with Gasteiger partial charge in [-0.3, -0.25) is 9.36 Å². The zero-order chi connectivity index (χ0) is 25.8. The van der Waals surface area contributed by atoms with E-state index in [-0.39, 0.29) is 11.9 Å². The van der Waals surface area contributed by atoms with Crippen LogP contribution in [0.4, 0.5) is 0 Å². The Kier molecular flexibility index (Phi) is 6.89. The summed E-state index contributed by atoms with van der Waals surface area (Å²) in [6.45, 7) is 0. The summed E-state index contributed by atoms with van der Waals surface area (Å²) in [5, 5.41) is 0. The number of carbonyl (C=O) groups excluding carboxylic acids is 1. The molecule has 3 aromatic carbocycles. The summed E-state index contributed by atoms with van der Waals surface area (Å²) in [6.07, 6.45) is 7.41. The van der Waals surface area contributed by atoms with Crippen LogP contribution in [0.1, 0.15) is 21.5 Å². The summed E-state index contributed by atoms with van der Waals surface area (Å²) in [5.41, 5.74) is 5.63. The number of rotatable bonds is 7. The molecular formula is C30H25N2O4P+2. The highest BCUT2D eigenvalue weighted by Gasteiger charge is 2.21. The van der Waals surface area contributed by atoms with E-state index in [0.29, 0.717) is 16.7 Å². The number of para-hydroxylation sites is 1. The standard InChI is InChI=1S/C30H23N2O4P/c33-30(25-6-2-1-3-7-25)26-10-12-28(13-11-26)31-18-14-23(15-19-31)24-16-20-32(21-17-24)29-9-5-4-8-27(29)22-37(34,35)36/h1-21H,22H2/p+2. The Hall–Kier alpha value is -4.22. The van der Waals surface area contributed by atoms with Gasteiger partial charge in [0.25, 0.3) is 0 Å². The maximum atomic E-state index is 12.6. The molecule has 2 aromatic heterocycles. The van der Waals surface area contributed by atoms with Crippen LogP contribution in [-0.2, 0) is 10.7 Å². The molecule has 0 fully saturated rings. The molecule has 0 bridgehead atoms. The minimum atomic E-state index is -4.18. The smallest absolute Gasteiger partial charge is 0.324 e. The van der Waals surface area contributed by atoms with Gasteiger partial charge in [-0.25, -0.2) is 0 Å². The SMILES string of the molecule is O=C(c1ccccc1)c1ccc(-[n+]2ccc(-c3cc[n+](-c4ccccc4CP(=O)(O)O)cc3)cc2)cc1. The van der Waals surface area contributed by atoms with Crippen molar-refractivity contribution in [1.82, 2.24) is 0 Å². The van der Waals surface area contributed by atoms with Crippen LogP contribution < -0.4 is 9.13 Å². The Morgan fingerprint density at radius 3 is 1.73 bits per heavy atom.